The highest BCUT2D eigenvalue weighted by molar-refractivity contribution is 5.83. The van der Waals surface area contributed by atoms with E-state index in [1.165, 1.54) is 0 Å². The Morgan fingerprint density at radius 2 is 2.00 bits per heavy atom. The third kappa shape index (κ3) is 4.79. The molecular formula is C21H33N3O3. The summed E-state index contributed by atoms with van der Waals surface area (Å²) in [5, 5.41) is 6.85. The van der Waals surface area contributed by atoms with E-state index >= 15 is 0 Å². The highest BCUT2D eigenvalue weighted by Crippen LogP contribution is 2.45. The number of H-pyrrole nitrogens is 1. The van der Waals surface area contributed by atoms with Gasteiger partial charge in [-0.1, -0.05) is 13.8 Å². The van der Waals surface area contributed by atoms with E-state index < -0.39 is 0 Å². The number of hydrogen-bond donors (Lipinski definition) is 3. The molecule has 0 unspecified atom stereocenters. The molecule has 1 saturated heterocycles. The van der Waals surface area contributed by atoms with Gasteiger partial charge in [0.05, 0.1) is 12.0 Å². The molecule has 0 spiro atoms. The van der Waals surface area contributed by atoms with Crippen LogP contribution in [0.4, 0.5) is 0 Å². The van der Waals surface area contributed by atoms with Crippen molar-refractivity contribution in [3.63, 3.8) is 0 Å². The molecule has 1 saturated carbocycles. The Labute approximate surface area is 161 Å². The van der Waals surface area contributed by atoms with Gasteiger partial charge in [-0.05, 0) is 56.6 Å². The number of carbonyl (C=O) groups is 1. The molecule has 2 fully saturated rings. The van der Waals surface area contributed by atoms with Crippen LogP contribution in [0.25, 0.3) is 0 Å². The normalized spacial score (nSPS) is 26.4. The van der Waals surface area contributed by atoms with Crippen molar-refractivity contribution >= 4 is 5.91 Å². The summed E-state index contributed by atoms with van der Waals surface area (Å²) in [5.74, 6) is 0.381. The van der Waals surface area contributed by atoms with Gasteiger partial charge in [-0.2, -0.15) is 0 Å². The zero-order valence-corrected chi connectivity index (χ0v) is 16.8. The number of aromatic nitrogens is 1. The molecular weight excluding hydrogens is 342 g/mol. The number of ether oxygens (including phenoxy) is 1. The second-order valence-corrected chi connectivity index (χ2v) is 8.53. The molecule has 6 heteroatoms. The van der Waals surface area contributed by atoms with Gasteiger partial charge >= 0.3 is 0 Å². The second kappa shape index (κ2) is 8.57. The molecule has 2 heterocycles. The topological polar surface area (TPSA) is 83.2 Å². The Balaban J connectivity index is 1.62. The lowest BCUT2D eigenvalue weighted by atomic mass is 9.74. The summed E-state index contributed by atoms with van der Waals surface area (Å²) in [4.78, 5) is 27.6. The molecule has 3 rings (SSSR count). The molecule has 3 N–H and O–H groups in total. The van der Waals surface area contributed by atoms with E-state index in [9.17, 15) is 9.59 Å². The predicted octanol–water partition coefficient (Wildman–Crippen LogP) is 2.26. The number of carbonyl (C=O) groups excluding carboxylic acids is 1. The van der Waals surface area contributed by atoms with Crippen molar-refractivity contribution < 1.29 is 9.53 Å². The molecule has 1 aromatic rings. The second-order valence-electron chi connectivity index (χ2n) is 8.53. The van der Waals surface area contributed by atoms with Crippen LogP contribution >= 0.6 is 0 Å². The zero-order valence-electron chi connectivity index (χ0n) is 16.8. The molecule has 1 aliphatic heterocycles. The summed E-state index contributed by atoms with van der Waals surface area (Å²) < 4.78 is 5.44. The van der Waals surface area contributed by atoms with E-state index in [1.54, 1.807) is 6.07 Å². The minimum absolute atomic E-state index is 0.108. The molecule has 0 radical (unpaired) electrons. The summed E-state index contributed by atoms with van der Waals surface area (Å²) in [7, 11) is 0. The van der Waals surface area contributed by atoms with Crippen molar-refractivity contribution in [3.8, 4) is 0 Å². The van der Waals surface area contributed by atoms with Crippen molar-refractivity contribution in [2.24, 2.45) is 11.3 Å². The number of rotatable bonds is 6. The highest BCUT2D eigenvalue weighted by atomic mass is 16.5. The van der Waals surface area contributed by atoms with Crippen LogP contribution in [0.5, 0.6) is 0 Å². The minimum atomic E-state index is -0.340. The van der Waals surface area contributed by atoms with Crippen LogP contribution in [0.3, 0.4) is 0 Å². The van der Waals surface area contributed by atoms with Gasteiger partial charge in [0, 0.05) is 37.1 Å². The van der Waals surface area contributed by atoms with E-state index in [2.05, 4.69) is 29.5 Å². The molecule has 2 atom stereocenters. The van der Waals surface area contributed by atoms with Gasteiger partial charge in [-0.3, -0.25) is 9.59 Å². The first-order chi connectivity index (χ1) is 12.9. The molecule has 1 amide bonds. The monoisotopic (exact) mass is 375 g/mol. The number of amides is 1. The van der Waals surface area contributed by atoms with E-state index in [1.807, 2.05) is 13.0 Å². The van der Waals surface area contributed by atoms with Crippen LogP contribution in [0.2, 0.25) is 0 Å². The van der Waals surface area contributed by atoms with Crippen LogP contribution < -0.4 is 16.2 Å². The van der Waals surface area contributed by atoms with Crippen LogP contribution in [-0.4, -0.2) is 36.2 Å². The maximum absolute atomic E-state index is 13.1. The molecule has 1 aromatic heterocycles. The van der Waals surface area contributed by atoms with E-state index in [-0.39, 0.29) is 22.8 Å². The Kier molecular flexibility index (Phi) is 6.37. The average Bonchev–Trinajstić information content (AvgIpc) is 3.05. The predicted molar refractivity (Wildman–Crippen MR) is 106 cm³/mol. The van der Waals surface area contributed by atoms with Crippen molar-refractivity contribution in [1.29, 1.82) is 0 Å². The van der Waals surface area contributed by atoms with Gasteiger partial charge in [0.15, 0.2) is 0 Å². The van der Waals surface area contributed by atoms with Crippen molar-refractivity contribution in [1.82, 2.24) is 15.6 Å². The Morgan fingerprint density at radius 3 is 2.67 bits per heavy atom. The largest absolute Gasteiger partial charge is 0.381 e. The quantitative estimate of drug-likeness (QED) is 0.712. The first kappa shape index (κ1) is 20.1. The van der Waals surface area contributed by atoms with Crippen molar-refractivity contribution in [2.45, 2.75) is 71.5 Å². The average molecular weight is 376 g/mol. The first-order valence-electron chi connectivity index (χ1n) is 10.2. The van der Waals surface area contributed by atoms with Crippen molar-refractivity contribution in [3.05, 3.63) is 33.7 Å². The van der Waals surface area contributed by atoms with Gasteiger partial charge in [-0.15, -0.1) is 0 Å². The molecule has 6 nitrogen and oxygen atoms in total. The fraction of sp³-hybridized carbons (Fsp3) is 0.714. The Hall–Kier alpha value is -1.66. The SMILES string of the molecule is Cc1cc(CNC(=O)[C@@]2(C(C)C)CC[C@@H](NC3CCOCC3)C2)[nH]c(=O)c1. The lowest BCUT2D eigenvalue weighted by Gasteiger charge is -2.33. The molecule has 0 bridgehead atoms. The fourth-order valence-corrected chi connectivity index (χ4v) is 4.61. The number of aromatic amines is 1. The summed E-state index contributed by atoms with van der Waals surface area (Å²) in [5.41, 5.74) is 1.19. The van der Waals surface area contributed by atoms with Crippen LogP contribution in [0.1, 0.15) is 57.2 Å². The summed E-state index contributed by atoms with van der Waals surface area (Å²) >= 11 is 0. The van der Waals surface area contributed by atoms with Crippen LogP contribution in [0, 0.1) is 18.3 Å². The zero-order chi connectivity index (χ0) is 19.4. The standard InChI is InChI=1S/C21H33N3O3/c1-14(2)21(7-4-17(12-21)23-16-5-8-27-9-6-16)20(26)22-13-18-10-15(3)11-19(25)24-18/h10-11,14,16-17,23H,4-9,12-13H2,1-3H3,(H,22,26)(H,24,25)/t17-,21+/m1/s1. The number of pyridine rings is 1. The lowest BCUT2D eigenvalue weighted by molar-refractivity contribution is -0.133. The minimum Gasteiger partial charge on any atom is -0.381 e. The van der Waals surface area contributed by atoms with Gasteiger partial charge in [0.1, 0.15) is 0 Å². The smallest absolute Gasteiger partial charge is 0.248 e. The summed E-state index contributed by atoms with van der Waals surface area (Å²) in [6.45, 7) is 8.20. The molecule has 1 aliphatic carbocycles. The maximum atomic E-state index is 13.1. The first-order valence-corrected chi connectivity index (χ1v) is 10.2. The van der Waals surface area contributed by atoms with Crippen LogP contribution in [0.15, 0.2) is 16.9 Å². The summed E-state index contributed by atoms with van der Waals surface area (Å²) in [6, 6.07) is 4.37. The van der Waals surface area contributed by atoms with E-state index in [0.29, 0.717) is 18.6 Å². The summed E-state index contributed by atoms with van der Waals surface area (Å²) in [6.07, 6.45) is 4.92. The number of nitrogens with one attached hydrogen (secondary N) is 3. The lowest BCUT2D eigenvalue weighted by Crippen LogP contribution is -2.45. The van der Waals surface area contributed by atoms with E-state index in [4.69, 9.17) is 4.74 Å². The van der Waals surface area contributed by atoms with Gasteiger partial charge < -0.3 is 20.4 Å². The van der Waals surface area contributed by atoms with Gasteiger partial charge in [0.2, 0.25) is 11.5 Å². The van der Waals surface area contributed by atoms with E-state index in [0.717, 1.165) is 56.6 Å². The Bertz CT molecular complexity index is 709. The molecule has 27 heavy (non-hydrogen) atoms. The molecule has 0 aromatic carbocycles. The van der Waals surface area contributed by atoms with Crippen molar-refractivity contribution in [2.75, 3.05) is 13.2 Å². The van der Waals surface area contributed by atoms with Crippen LogP contribution in [-0.2, 0) is 16.1 Å². The number of hydrogen-bond acceptors (Lipinski definition) is 4. The fourth-order valence-electron chi connectivity index (χ4n) is 4.61. The maximum Gasteiger partial charge on any atom is 0.248 e. The number of aryl methyl sites for hydroxylation is 1. The third-order valence-corrected chi connectivity index (χ3v) is 6.28. The Morgan fingerprint density at radius 1 is 1.26 bits per heavy atom. The molecule has 150 valence electrons. The third-order valence-electron chi connectivity index (χ3n) is 6.28. The van der Waals surface area contributed by atoms with Gasteiger partial charge in [0.25, 0.3) is 0 Å². The molecule has 2 aliphatic rings. The highest BCUT2D eigenvalue weighted by Gasteiger charge is 2.47. The van der Waals surface area contributed by atoms with Gasteiger partial charge in [-0.25, -0.2) is 0 Å².